The number of benzene rings is 1. The van der Waals surface area contributed by atoms with Crippen LogP contribution in [-0.2, 0) is 16.6 Å². The number of carboxylic acid groups (broad SMARTS) is 1. The van der Waals surface area contributed by atoms with Gasteiger partial charge in [-0.3, -0.25) is 4.79 Å². The highest BCUT2D eigenvalue weighted by Crippen LogP contribution is 2.28. The Morgan fingerprint density at radius 2 is 2.05 bits per heavy atom. The van der Waals surface area contributed by atoms with E-state index in [0.717, 1.165) is 11.3 Å². The van der Waals surface area contributed by atoms with Crippen molar-refractivity contribution in [3.63, 3.8) is 0 Å². The Labute approximate surface area is 117 Å². The van der Waals surface area contributed by atoms with Gasteiger partial charge in [0.25, 0.3) is 0 Å². The maximum Gasteiger partial charge on any atom is 0.303 e. The molecule has 2 aromatic rings. The lowest BCUT2D eigenvalue weighted by Gasteiger charge is -2.20. The van der Waals surface area contributed by atoms with Crippen LogP contribution in [0.25, 0.3) is 10.9 Å². The number of carboxylic acids is 1. The van der Waals surface area contributed by atoms with Gasteiger partial charge in [0.2, 0.25) is 0 Å². The van der Waals surface area contributed by atoms with Crippen molar-refractivity contribution in [3.8, 4) is 0 Å². The zero-order valence-corrected chi connectivity index (χ0v) is 11.9. The van der Waals surface area contributed by atoms with Crippen LogP contribution >= 0.6 is 0 Å². The van der Waals surface area contributed by atoms with Gasteiger partial charge in [0, 0.05) is 22.9 Å². The molecule has 0 spiro atoms. The van der Waals surface area contributed by atoms with Crippen molar-refractivity contribution in [2.75, 3.05) is 0 Å². The molecule has 0 bridgehead atoms. The van der Waals surface area contributed by atoms with E-state index in [2.05, 4.69) is 4.98 Å². The lowest BCUT2D eigenvalue weighted by atomic mass is 9.89. The molecule has 0 saturated carbocycles. The minimum Gasteiger partial charge on any atom is -0.481 e. The summed E-state index contributed by atoms with van der Waals surface area (Å²) in [7, 11) is 0. The maximum atomic E-state index is 14.0. The fourth-order valence-corrected chi connectivity index (χ4v) is 2.12. The number of hydrogen-bond acceptors (Lipinski definition) is 2. The van der Waals surface area contributed by atoms with E-state index < -0.39 is 5.97 Å². The molecule has 0 aliphatic carbocycles. The quantitative estimate of drug-likeness (QED) is 0.929. The van der Waals surface area contributed by atoms with Crippen LogP contribution in [0.2, 0.25) is 0 Å². The fourth-order valence-electron chi connectivity index (χ4n) is 2.12. The number of nitrogens with zero attached hydrogens (tertiary/aromatic N) is 1. The number of carbonyl (C=O) groups is 1. The van der Waals surface area contributed by atoms with E-state index in [-0.39, 0.29) is 17.7 Å². The molecule has 1 aromatic carbocycles. The van der Waals surface area contributed by atoms with Crippen molar-refractivity contribution in [1.29, 1.82) is 0 Å². The SMILES string of the molecule is CC(C)(C)c1cc(CCC(=O)O)c2cccc(F)c2n1. The summed E-state index contributed by atoms with van der Waals surface area (Å²) in [5, 5.41) is 9.53. The molecule has 0 fully saturated rings. The summed E-state index contributed by atoms with van der Waals surface area (Å²) in [6, 6.07) is 6.68. The summed E-state index contributed by atoms with van der Waals surface area (Å²) in [4.78, 5) is 15.2. The van der Waals surface area contributed by atoms with E-state index in [1.165, 1.54) is 6.07 Å². The van der Waals surface area contributed by atoms with Crippen LogP contribution in [0, 0.1) is 5.82 Å². The smallest absolute Gasteiger partial charge is 0.303 e. The van der Waals surface area contributed by atoms with Gasteiger partial charge in [-0.25, -0.2) is 9.37 Å². The summed E-state index contributed by atoms with van der Waals surface area (Å²) in [5.41, 5.74) is 1.71. The molecule has 1 aromatic heterocycles. The molecule has 20 heavy (non-hydrogen) atoms. The number of aromatic nitrogens is 1. The number of aliphatic carboxylic acids is 1. The lowest BCUT2D eigenvalue weighted by Crippen LogP contribution is -2.15. The van der Waals surface area contributed by atoms with Crippen molar-refractivity contribution >= 4 is 16.9 Å². The highest BCUT2D eigenvalue weighted by molar-refractivity contribution is 5.83. The zero-order chi connectivity index (χ0) is 14.9. The van der Waals surface area contributed by atoms with Gasteiger partial charge >= 0.3 is 5.97 Å². The van der Waals surface area contributed by atoms with Crippen molar-refractivity contribution in [3.05, 3.63) is 41.3 Å². The standard InChI is InChI=1S/C16H18FNO2/c1-16(2,3)13-9-10(7-8-14(19)20)11-5-4-6-12(17)15(11)18-13/h4-6,9H,7-8H2,1-3H3,(H,19,20). The number of para-hydroxylation sites is 1. The molecule has 0 atom stereocenters. The fraction of sp³-hybridized carbons (Fsp3) is 0.375. The Morgan fingerprint density at radius 1 is 1.35 bits per heavy atom. The van der Waals surface area contributed by atoms with Crippen molar-refractivity contribution in [1.82, 2.24) is 4.98 Å². The van der Waals surface area contributed by atoms with E-state index in [0.29, 0.717) is 17.3 Å². The molecule has 3 nitrogen and oxygen atoms in total. The lowest BCUT2D eigenvalue weighted by molar-refractivity contribution is -0.136. The Morgan fingerprint density at radius 3 is 2.65 bits per heavy atom. The molecule has 0 aliphatic rings. The predicted molar refractivity (Wildman–Crippen MR) is 76.4 cm³/mol. The normalized spacial score (nSPS) is 11.8. The first-order valence-electron chi connectivity index (χ1n) is 6.59. The molecule has 1 heterocycles. The number of pyridine rings is 1. The van der Waals surface area contributed by atoms with Gasteiger partial charge in [0.1, 0.15) is 11.3 Å². The third-order valence-electron chi connectivity index (χ3n) is 3.25. The van der Waals surface area contributed by atoms with E-state index in [1.807, 2.05) is 26.8 Å². The van der Waals surface area contributed by atoms with Gasteiger partial charge in [0.15, 0.2) is 0 Å². The minimum absolute atomic E-state index is 0.0270. The molecule has 0 unspecified atom stereocenters. The van der Waals surface area contributed by atoms with Crippen molar-refractivity contribution in [2.24, 2.45) is 0 Å². The molecule has 0 amide bonds. The number of rotatable bonds is 3. The van der Waals surface area contributed by atoms with E-state index in [4.69, 9.17) is 5.11 Å². The molecular formula is C16H18FNO2. The average Bonchev–Trinajstić information content (AvgIpc) is 2.35. The van der Waals surface area contributed by atoms with Crippen LogP contribution < -0.4 is 0 Å². The van der Waals surface area contributed by atoms with Crippen LogP contribution in [0.15, 0.2) is 24.3 Å². The van der Waals surface area contributed by atoms with Gasteiger partial charge < -0.3 is 5.11 Å². The first kappa shape index (κ1) is 14.4. The molecule has 1 N–H and O–H groups in total. The second kappa shape index (κ2) is 5.19. The van der Waals surface area contributed by atoms with E-state index in [9.17, 15) is 9.18 Å². The highest BCUT2D eigenvalue weighted by atomic mass is 19.1. The Balaban J connectivity index is 2.63. The summed E-state index contributed by atoms with van der Waals surface area (Å²) < 4.78 is 14.0. The second-order valence-corrected chi connectivity index (χ2v) is 5.95. The first-order valence-corrected chi connectivity index (χ1v) is 6.59. The summed E-state index contributed by atoms with van der Waals surface area (Å²) in [6.45, 7) is 6.01. The first-order chi connectivity index (χ1) is 9.29. The third kappa shape index (κ3) is 2.95. The molecule has 2 rings (SSSR count). The van der Waals surface area contributed by atoms with Gasteiger partial charge in [-0.05, 0) is 24.1 Å². The van der Waals surface area contributed by atoms with Gasteiger partial charge in [-0.2, -0.15) is 0 Å². The van der Waals surface area contributed by atoms with Crippen LogP contribution in [-0.4, -0.2) is 16.1 Å². The summed E-state index contributed by atoms with van der Waals surface area (Å²) >= 11 is 0. The second-order valence-electron chi connectivity index (χ2n) is 5.95. The number of halogens is 1. The van der Waals surface area contributed by atoms with Gasteiger partial charge in [-0.15, -0.1) is 0 Å². The third-order valence-corrected chi connectivity index (χ3v) is 3.25. The summed E-state index contributed by atoms with van der Waals surface area (Å²) in [6.07, 6.45) is 0.403. The topological polar surface area (TPSA) is 50.2 Å². The number of aryl methyl sites for hydroxylation is 1. The van der Waals surface area contributed by atoms with Gasteiger partial charge in [0.05, 0.1) is 0 Å². The van der Waals surface area contributed by atoms with Crippen LogP contribution in [0.3, 0.4) is 0 Å². The van der Waals surface area contributed by atoms with E-state index >= 15 is 0 Å². The van der Waals surface area contributed by atoms with Crippen molar-refractivity contribution in [2.45, 2.75) is 39.0 Å². The monoisotopic (exact) mass is 275 g/mol. The Bertz CT molecular complexity index is 659. The largest absolute Gasteiger partial charge is 0.481 e. The highest BCUT2D eigenvalue weighted by Gasteiger charge is 2.19. The zero-order valence-electron chi connectivity index (χ0n) is 11.9. The van der Waals surface area contributed by atoms with Crippen molar-refractivity contribution < 1.29 is 14.3 Å². The Hall–Kier alpha value is -1.97. The number of fused-ring (bicyclic) bond motifs is 1. The molecule has 0 aliphatic heterocycles. The summed E-state index contributed by atoms with van der Waals surface area (Å²) in [5.74, 6) is -1.23. The average molecular weight is 275 g/mol. The van der Waals surface area contributed by atoms with Crippen LogP contribution in [0.1, 0.15) is 38.4 Å². The van der Waals surface area contributed by atoms with Crippen LogP contribution in [0.4, 0.5) is 4.39 Å². The number of hydrogen-bond donors (Lipinski definition) is 1. The molecular weight excluding hydrogens is 257 g/mol. The Kier molecular flexibility index (Phi) is 3.75. The van der Waals surface area contributed by atoms with Crippen LogP contribution in [0.5, 0.6) is 0 Å². The predicted octanol–water partition coefficient (Wildman–Crippen LogP) is 3.69. The van der Waals surface area contributed by atoms with E-state index in [1.54, 1.807) is 12.1 Å². The molecule has 0 saturated heterocycles. The molecule has 0 radical (unpaired) electrons. The molecule has 106 valence electrons. The maximum absolute atomic E-state index is 14.0. The molecule has 4 heteroatoms. The van der Waals surface area contributed by atoms with Gasteiger partial charge in [-0.1, -0.05) is 32.9 Å². The minimum atomic E-state index is -0.858.